The summed E-state index contributed by atoms with van der Waals surface area (Å²) in [7, 11) is 0. The van der Waals surface area contributed by atoms with Crippen molar-refractivity contribution in [1.82, 2.24) is 5.32 Å². The summed E-state index contributed by atoms with van der Waals surface area (Å²) in [4.78, 5) is 11.7. The van der Waals surface area contributed by atoms with Gasteiger partial charge in [0.15, 0.2) is 0 Å². The predicted molar refractivity (Wildman–Crippen MR) is 60.8 cm³/mol. The molecule has 15 heavy (non-hydrogen) atoms. The monoisotopic (exact) mass is 204 g/mol. The van der Waals surface area contributed by atoms with Crippen molar-refractivity contribution in [1.29, 1.82) is 0 Å². The zero-order chi connectivity index (χ0) is 10.7. The van der Waals surface area contributed by atoms with Gasteiger partial charge in [-0.3, -0.25) is 4.79 Å². The van der Waals surface area contributed by atoms with E-state index in [1.807, 2.05) is 31.2 Å². The number of rotatable bonds is 2. The number of hydrogen-bond donors (Lipinski definition) is 2. The van der Waals surface area contributed by atoms with Gasteiger partial charge in [0.2, 0.25) is 5.91 Å². The molecular weight excluding hydrogens is 188 g/mol. The molecule has 2 N–H and O–H groups in total. The van der Waals surface area contributed by atoms with E-state index in [-0.39, 0.29) is 11.9 Å². The Bertz CT molecular complexity index is 339. The lowest BCUT2D eigenvalue weighted by molar-refractivity contribution is -0.117. The van der Waals surface area contributed by atoms with Gasteiger partial charge in [-0.25, -0.2) is 0 Å². The number of carbonyl (C=O) groups is 1. The van der Waals surface area contributed by atoms with Crippen LogP contribution in [0.4, 0.5) is 5.69 Å². The fourth-order valence-electron chi connectivity index (χ4n) is 1.77. The van der Waals surface area contributed by atoms with Crippen molar-refractivity contribution >= 4 is 11.6 Å². The largest absolute Gasteiger partial charge is 0.325 e. The number of carbonyl (C=O) groups excluding carboxylic acids is 1. The first-order chi connectivity index (χ1) is 7.25. The molecule has 0 aliphatic carbocycles. The lowest BCUT2D eigenvalue weighted by Crippen LogP contribution is -2.35. The molecule has 80 valence electrons. The van der Waals surface area contributed by atoms with E-state index < -0.39 is 0 Å². The average molecular weight is 204 g/mol. The third kappa shape index (κ3) is 2.57. The van der Waals surface area contributed by atoms with Crippen LogP contribution in [0.25, 0.3) is 0 Å². The Balaban J connectivity index is 1.96. The third-order valence-corrected chi connectivity index (χ3v) is 2.70. The van der Waals surface area contributed by atoms with Crippen LogP contribution in [0.2, 0.25) is 0 Å². The van der Waals surface area contributed by atoms with E-state index in [1.54, 1.807) is 0 Å². The first kappa shape index (κ1) is 10.2. The summed E-state index contributed by atoms with van der Waals surface area (Å²) in [5.74, 6) is 0.0800. The summed E-state index contributed by atoms with van der Waals surface area (Å²) in [6, 6.07) is 7.85. The van der Waals surface area contributed by atoms with E-state index in [0.29, 0.717) is 0 Å². The van der Waals surface area contributed by atoms with Crippen LogP contribution in [-0.2, 0) is 4.79 Å². The second-order valence-corrected chi connectivity index (χ2v) is 4.00. The van der Waals surface area contributed by atoms with Crippen LogP contribution in [0.15, 0.2) is 24.3 Å². The Hall–Kier alpha value is -1.35. The highest BCUT2D eigenvalue weighted by molar-refractivity contribution is 5.94. The molecule has 3 heteroatoms. The zero-order valence-electron chi connectivity index (χ0n) is 8.92. The Morgan fingerprint density at radius 3 is 2.73 bits per heavy atom. The van der Waals surface area contributed by atoms with Gasteiger partial charge in [0.05, 0.1) is 6.04 Å². The van der Waals surface area contributed by atoms with Crippen molar-refractivity contribution < 1.29 is 4.79 Å². The molecule has 1 atom stereocenters. The van der Waals surface area contributed by atoms with Crippen molar-refractivity contribution in [3.63, 3.8) is 0 Å². The first-order valence-corrected chi connectivity index (χ1v) is 5.36. The fraction of sp³-hybridized carbons (Fsp3) is 0.417. The Morgan fingerprint density at radius 2 is 2.13 bits per heavy atom. The van der Waals surface area contributed by atoms with Gasteiger partial charge in [-0.1, -0.05) is 17.7 Å². The quantitative estimate of drug-likeness (QED) is 0.769. The van der Waals surface area contributed by atoms with Gasteiger partial charge < -0.3 is 10.6 Å². The van der Waals surface area contributed by atoms with Crippen LogP contribution in [0, 0.1) is 6.92 Å². The molecule has 3 nitrogen and oxygen atoms in total. The highest BCUT2D eigenvalue weighted by Gasteiger charge is 2.21. The lowest BCUT2D eigenvalue weighted by atomic mass is 10.2. The van der Waals surface area contributed by atoms with Gasteiger partial charge in [0.25, 0.3) is 0 Å². The van der Waals surface area contributed by atoms with Crippen LogP contribution < -0.4 is 10.6 Å². The molecule has 2 rings (SSSR count). The molecule has 0 saturated carbocycles. The predicted octanol–water partition coefficient (Wildman–Crippen LogP) is 1.69. The molecule has 0 spiro atoms. The maximum Gasteiger partial charge on any atom is 0.241 e. The van der Waals surface area contributed by atoms with Crippen LogP contribution in [0.1, 0.15) is 18.4 Å². The van der Waals surface area contributed by atoms with E-state index in [9.17, 15) is 4.79 Å². The minimum atomic E-state index is -0.00805. The zero-order valence-corrected chi connectivity index (χ0v) is 8.92. The summed E-state index contributed by atoms with van der Waals surface area (Å²) in [5.41, 5.74) is 2.08. The summed E-state index contributed by atoms with van der Waals surface area (Å²) < 4.78 is 0. The summed E-state index contributed by atoms with van der Waals surface area (Å²) in [6.07, 6.45) is 2.03. The molecule has 1 saturated heterocycles. The minimum Gasteiger partial charge on any atom is -0.325 e. The highest BCUT2D eigenvalue weighted by atomic mass is 16.2. The second kappa shape index (κ2) is 4.45. The number of hydrogen-bond acceptors (Lipinski definition) is 2. The number of anilines is 1. The van der Waals surface area contributed by atoms with Crippen molar-refractivity contribution in [2.75, 3.05) is 11.9 Å². The van der Waals surface area contributed by atoms with E-state index in [2.05, 4.69) is 10.6 Å². The maximum absolute atomic E-state index is 11.7. The molecule has 1 aromatic carbocycles. The number of benzene rings is 1. The van der Waals surface area contributed by atoms with Crippen LogP contribution in [0.3, 0.4) is 0 Å². The Labute approximate surface area is 89.9 Å². The van der Waals surface area contributed by atoms with Gasteiger partial charge >= 0.3 is 0 Å². The second-order valence-electron chi connectivity index (χ2n) is 4.00. The highest BCUT2D eigenvalue weighted by Crippen LogP contribution is 2.11. The van der Waals surface area contributed by atoms with Crippen LogP contribution in [-0.4, -0.2) is 18.5 Å². The number of aryl methyl sites for hydroxylation is 1. The topological polar surface area (TPSA) is 41.1 Å². The standard InChI is InChI=1S/C12H16N2O/c1-9-4-6-10(7-5-9)14-12(15)11-3-2-8-13-11/h4-7,11,13H,2-3,8H2,1H3,(H,14,15)/t11-/m1/s1. The minimum absolute atomic E-state index is 0.00805. The Kier molecular flexibility index (Phi) is 3.02. The molecule has 1 aliphatic heterocycles. The van der Waals surface area contributed by atoms with Gasteiger partial charge in [-0.15, -0.1) is 0 Å². The van der Waals surface area contributed by atoms with Gasteiger partial charge in [0, 0.05) is 5.69 Å². The van der Waals surface area contributed by atoms with E-state index in [0.717, 1.165) is 25.1 Å². The molecule has 0 bridgehead atoms. The van der Waals surface area contributed by atoms with Gasteiger partial charge in [0.1, 0.15) is 0 Å². The molecule has 1 heterocycles. The Morgan fingerprint density at radius 1 is 1.40 bits per heavy atom. The number of amides is 1. The summed E-state index contributed by atoms with van der Waals surface area (Å²) in [5, 5.41) is 6.09. The van der Waals surface area contributed by atoms with Crippen molar-refractivity contribution in [3.05, 3.63) is 29.8 Å². The average Bonchev–Trinajstić information content (AvgIpc) is 2.74. The molecular formula is C12H16N2O. The maximum atomic E-state index is 11.7. The van der Waals surface area contributed by atoms with Crippen molar-refractivity contribution in [2.24, 2.45) is 0 Å². The van der Waals surface area contributed by atoms with Crippen molar-refractivity contribution in [3.8, 4) is 0 Å². The van der Waals surface area contributed by atoms with Gasteiger partial charge in [-0.2, -0.15) is 0 Å². The molecule has 1 aromatic rings. The van der Waals surface area contributed by atoms with E-state index >= 15 is 0 Å². The summed E-state index contributed by atoms with van der Waals surface area (Å²) >= 11 is 0. The molecule has 1 fully saturated rings. The number of nitrogens with one attached hydrogen (secondary N) is 2. The van der Waals surface area contributed by atoms with E-state index in [4.69, 9.17) is 0 Å². The SMILES string of the molecule is Cc1ccc(NC(=O)[C@H]2CCCN2)cc1. The third-order valence-electron chi connectivity index (χ3n) is 2.70. The molecule has 0 radical (unpaired) electrons. The fourth-order valence-corrected chi connectivity index (χ4v) is 1.77. The molecule has 1 amide bonds. The first-order valence-electron chi connectivity index (χ1n) is 5.36. The van der Waals surface area contributed by atoms with E-state index in [1.165, 1.54) is 5.56 Å². The summed E-state index contributed by atoms with van der Waals surface area (Å²) in [6.45, 7) is 2.98. The van der Waals surface area contributed by atoms with Crippen LogP contribution >= 0.6 is 0 Å². The smallest absolute Gasteiger partial charge is 0.241 e. The molecule has 0 aromatic heterocycles. The molecule has 1 aliphatic rings. The lowest BCUT2D eigenvalue weighted by Gasteiger charge is -2.10. The molecule has 0 unspecified atom stereocenters. The van der Waals surface area contributed by atoms with Crippen LogP contribution in [0.5, 0.6) is 0 Å². The van der Waals surface area contributed by atoms with Gasteiger partial charge in [-0.05, 0) is 38.4 Å². The van der Waals surface area contributed by atoms with Crippen molar-refractivity contribution in [2.45, 2.75) is 25.8 Å². The normalized spacial score (nSPS) is 20.2.